The molecule has 0 spiro atoms. The van der Waals surface area contributed by atoms with Gasteiger partial charge in [-0.15, -0.1) is 0 Å². The van der Waals surface area contributed by atoms with Gasteiger partial charge in [0.05, 0.1) is 4.92 Å². The van der Waals surface area contributed by atoms with Gasteiger partial charge in [0.25, 0.3) is 0 Å². The van der Waals surface area contributed by atoms with Crippen molar-refractivity contribution in [2.24, 2.45) is 0 Å². The molecule has 0 amide bonds. The van der Waals surface area contributed by atoms with Crippen LogP contribution >= 0.6 is 11.6 Å². The number of nitro groups is 1. The van der Waals surface area contributed by atoms with Gasteiger partial charge in [-0.1, -0.05) is 41.9 Å². The molecular weight excluding hydrogens is 228 g/mol. The van der Waals surface area contributed by atoms with E-state index in [9.17, 15) is 10.1 Å². The van der Waals surface area contributed by atoms with Crippen molar-refractivity contribution < 1.29 is 4.92 Å². The summed E-state index contributed by atoms with van der Waals surface area (Å²) in [7, 11) is 0. The summed E-state index contributed by atoms with van der Waals surface area (Å²) in [6.07, 6.45) is 1.52. The van der Waals surface area contributed by atoms with E-state index in [0.29, 0.717) is 5.56 Å². The summed E-state index contributed by atoms with van der Waals surface area (Å²) < 4.78 is 0. The Kier molecular flexibility index (Phi) is 2.83. The lowest BCUT2D eigenvalue weighted by molar-refractivity contribution is -0.385. The average molecular weight is 235 g/mol. The normalized spacial score (nSPS) is 10.1. The van der Waals surface area contributed by atoms with Crippen molar-refractivity contribution in [1.29, 1.82) is 0 Å². The lowest BCUT2D eigenvalue weighted by Crippen LogP contribution is -1.92. The zero-order chi connectivity index (χ0) is 11.5. The Labute approximate surface area is 96.7 Å². The fraction of sp³-hybridized carbons (Fsp3) is 0. The molecule has 0 aliphatic rings. The molecule has 0 saturated carbocycles. The molecule has 0 N–H and O–H groups in total. The first-order valence-electron chi connectivity index (χ1n) is 4.54. The Bertz CT molecular complexity index is 529. The minimum Gasteiger partial charge on any atom is -0.258 e. The van der Waals surface area contributed by atoms with E-state index in [-0.39, 0.29) is 10.8 Å². The molecule has 0 aliphatic carbocycles. The van der Waals surface area contributed by atoms with Crippen molar-refractivity contribution in [3.8, 4) is 11.1 Å². The number of rotatable bonds is 2. The maximum atomic E-state index is 10.7. The van der Waals surface area contributed by atoms with Gasteiger partial charge in [0.1, 0.15) is 0 Å². The van der Waals surface area contributed by atoms with Crippen molar-refractivity contribution in [3.05, 3.63) is 57.9 Å². The minimum atomic E-state index is -0.540. The van der Waals surface area contributed by atoms with Crippen LogP contribution in [0.2, 0.25) is 5.15 Å². The Morgan fingerprint density at radius 3 is 2.50 bits per heavy atom. The van der Waals surface area contributed by atoms with Crippen molar-refractivity contribution >= 4 is 17.3 Å². The Hall–Kier alpha value is -1.94. The van der Waals surface area contributed by atoms with Crippen LogP contribution in [0.1, 0.15) is 0 Å². The minimum absolute atomic E-state index is 0.0929. The lowest BCUT2D eigenvalue weighted by Gasteiger charge is -2.01. The molecular formula is C11H7ClN2O2. The second-order valence-electron chi connectivity index (χ2n) is 3.16. The Morgan fingerprint density at radius 1 is 1.19 bits per heavy atom. The SMILES string of the molecule is O=[N+]([O-])c1cc(-c2ccccc2)cnc1Cl. The van der Waals surface area contributed by atoms with Gasteiger partial charge in [-0.25, -0.2) is 4.98 Å². The molecule has 0 atom stereocenters. The highest BCUT2D eigenvalue weighted by Gasteiger charge is 2.14. The van der Waals surface area contributed by atoms with Gasteiger partial charge in [0.15, 0.2) is 0 Å². The van der Waals surface area contributed by atoms with Crippen molar-refractivity contribution in [3.63, 3.8) is 0 Å². The van der Waals surface area contributed by atoms with Crippen LogP contribution in [-0.4, -0.2) is 9.91 Å². The van der Waals surface area contributed by atoms with Crippen molar-refractivity contribution in [1.82, 2.24) is 4.98 Å². The summed E-state index contributed by atoms with van der Waals surface area (Å²) in [5, 5.41) is 10.6. The van der Waals surface area contributed by atoms with Gasteiger partial charge in [0.2, 0.25) is 5.15 Å². The van der Waals surface area contributed by atoms with E-state index < -0.39 is 4.92 Å². The molecule has 0 bridgehead atoms. The van der Waals surface area contributed by atoms with E-state index >= 15 is 0 Å². The van der Waals surface area contributed by atoms with Crippen LogP contribution in [0.25, 0.3) is 11.1 Å². The molecule has 1 aromatic heterocycles. The first-order chi connectivity index (χ1) is 7.68. The number of halogens is 1. The number of aromatic nitrogens is 1. The third-order valence-corrected chi connectivity index (χ3v) is 2.42. The molecule has 5 heteroatoms. The number of hydrogen-bond donors (Lipinski definition) is 0. The highest BCUT2D eigenvalue weighted by Crippen LogP contribution is 2.27. The zero-order valence-corrected chi connectivity index (χ0v) is 8.89. The molecule has 2 rings (SSSR count). The van der Waals surface area contributed by atoms with Gasteiger partial charge >= 0.3 is 5.69 Å². The van der Waals surface area contributed by atoms with Crippen LogP contribution < -0.4 is 0 Å². The summed E-state index contributed by atoms with van der Waals surface area (Å²) in [6, 6.07) is 10.7. The summed E-state index contributed by atoms with van der Waals surface area (Å²) in [5.41, 5.74) is 1.37. The van der Waals surface area contributed by atoms with Crippen LogP contribution in [0.3, 0.4) is 0 Å². The third-order valence-electron chi connectivity index (χ3n) is 2.12. The largest absolute Gasteiger partial charge is 0.307 e. The van der Waals surface area contributed by atoms with Crippen LogP contribution in [0.5, 0.6) is 0 Å². The van der Waals surface area contributed by atoms with Crippen LogP contribution in [0.15, 0.2) is 42.6 Å². The van der Waals surface area contributed by atoms with Gasteiger partial charge in [-0.2, -0.15) is 0 Å². The molecule has 0 radical (unpaired) electrons. The quantitative estimate of drug-likeness (QED) is 0.455. The highest BCUT2D eigenvalue weighted by molar-refractivity contribution is 6.31. The van der Waals surface area contributed by atoms with Gasteiger partial charge in [0, 0.05) is 17.8 Å². The van der Waals surface area contributed by atoms with Gasteiger partial charge < -0.3 is 0 Å². The molecule has 4 nitrogen and oxygen atoms in total. The molecule has 0 saturated heterocycles. The monoisotopic (exact) mass is 234 g/mol. The zero-order valence-electron chi connectivity index (χ0n) is 8.13. The topological polar surface area (TPSA) is 56.0 Å². The van der Waals surface area contributed by atoms with E-state index in [4.69, 9.17) is 11.6 Å². The number of benzene rings is 1. The highest BCUT2D eigenvalue weighted by atomic mass is 35.5. The maximum absolute atomic E-state index is 10.7. The number of pyridine rings is 1. The molecule has 0 fully saturated rings. The Balaban J connectivity index is 2.52. The molecule has 2 aromatic rings. The van der Waals surface area contributed by atoms with E-state index in [2.05, 4.69) is 4.98 Å². The summed E-state index contributed by atoms with van der Waals surface area (Å²) in [4.78, 5) is 13.9. The smallest absolute Gasteiger partial charge is 0.258 e. The first-order valence-corrected chi connectivity index (χ1v) is 4.91. The fourth-order valence-corrected chi connectivity index (χ4v) is 1.53. The van der Waals surface area contributed by atoms with Gasteiger partial charge in [-0.3, -0.25) is 10.1 Å². The summed E-state index contributed by atoms with van der Waals surface area (Å²) in [6.45, 7) is 0. The molecule has 0 unspecified atom stereocenters. The second-order valence-corrected chi connectivity index (χ2v) is 3.52. The molecule has 80 valence electrons. The standard InChI is InChI=1S/C11H7ClN2O2/c12-11-10(14(15)16)6-9(7-13-11)8-4-2-1-3-5-8/h1-7H. The maximum Gasteiger partial charge on any atom is 0.307 e. The van der Waals surface area contributed by atoms with Crippen molar-refractivity contribution in [2.45, 2.75) is 0 Å². The van der Waals surface area contributed by atoms with Gasteiger partial charge in [-0.05, 0) is 5.56 Å². The van der Waals surface area contributed by atoms with Crippen LogP contribution in [0, 0.1) is 10.1 Å². The molecule has 0 aliphatic heterocycles. The number of hydrogen-bond acceptors (Lipinski definition) is 3. The summed E-state index contributed by atoms with van der Waals surface area (Å²) in [5.74, 6) is 0. The van der Waals surface area contributed by atoms with E-state index in [1.165, 1.54) is 12.3 Å². The van der Waals surface area contributed by atoms with Crippen LogP contribution in [0.4, 0.5) is 5.69 Å². The number of nitrogens with zero attached hydrogens (tertiary/aromatic N) is 2. The predicted octanol–water partition coefficient (Wildman–Crippen LogP) is 3.31. The first kappa shape index (κ1) is 10.6. The average Bonchev–Trinajstić information content (AvgIpc) is 2.30. The van der Waals surface area contributed by atoms with Crippen LogP contribution in [-0.2, 0) is 0 Å². The summed E-state index contributed by atoms with van der Waals surface area (Å²) >= 11 is 5.63. The predicted molar refractivity (Wildman–Crippen MR) is 61.3 cm³/mol. The van der Waals surface area contributed by atoms with Crippen molar-refractivity contribution in [2.75, 3.05) is 0 Å². The molecule has 16 heavy (non-hydrogen) atoms. The van der Waals surface area contributed by atoms with E-state index in [0.717, 1.165) is 5.56 Å². The second kappa shape index (κ2) is 4.28. The third kappa shape index (κ3) is 2.01. The Morgan fingerprint density at radius 2 is 1.88 bits per heavy atom. The fourth-order valence-electron chi connectivity index (χ4n) is 1.35. The molecule has 1 aromatic carbocycles. The van der Waals surface area contributed by atoms with E-state index in [1.54, 1.807) is 0 Å². The lowest BCUT2D eigenvalue weighted by atomic mass is 10.1. The van der Waals surface area contributed by atoms with E-state index in [1.807, 2.05) is 30.3 Å². The molecule has 1 heterocycles.